The molecule has 126 valence electrons. The van der Waals surface area contributed by atoms with Crippen molar-refractivity contribution < 1.29 is 4.79 Å². The van der Waals surface area contributed by atoms with Gasteiger partial charge in [-0.3, -0.25) is 4.79 Å². The Bertz CT molecular complexity index is 548. The van der Waals surface area contributed by atoms with Gasteiger partial charge in [-0.1, -0.05) is 13.3 Å². The number of nitrogens with zero attached hydrogens (tertiary/aromatic N) is 3. The van der Waals surface area contributed by atoms with Crippen molar-refractivity contribution in [2.45, 2.75) is 52.4 Å². The van der Waals surface area contributed by atoms with Crippen LogP contribution in [0.25, 0.3) is 0 Å². The lowest BCUT2D eigenvalue weighted by molar-refractivity contribution is -0.133. The molecule has 2 heterocycles. The number of nitrogens with one attached hydrogen (secondary N) is 1. The SMILES string of the molecule is CCCc1cnc(C)nc1NCC1CCN(C(=O)C2CC2)CC1. The number of rotatable bonds is 6. The molecule has 1 saturated carbocycles. The number of amides is 1. The summed E-state index contributed by atoms with van der Waals surface area (Å²) >= 11 is 0. The predicted molar refractivity (Wildman–Crippen MR) is 91.3 cm³/mol. The number of carbonyl (C=O) groups is 1. The molecule has 1 amide bonds. The Morgan fingerprint density at radius 1 is 1.30 bits per heavy atom. The molecule has 5 nitrogen and oxygen atoms in total. The van der Waals surface area contributed by atoms with Crippen LogP contribution in [-0.4, -0.2) is 40.4 Å². The third-order valence-corrected chi connectivity index (χ3v) is 4.92. The van der Waals surface area contributed by atoms with Crippen LogP contribution >= 0.6 is 0 Å². The van der Waals surface area contributed by atoms with Gasteiger partial charge in [0.25, 0.3) is 0 Å². The van der Waals surface area contributed by atoms with E-state index in [2.05, 4.69) is 27.1 Å². The maximum absolute atomic E-state index is 12.1. The van der Waals surface area contributed by atoms with Gasteiger partial charge in [0.1, 0.15) is 11.6 Å². The van der Waals surface area contributed by atoms with Crippen molar-refractivity contribution in [2.75, 3.05) is 25.0 Å². The fourth-order valence-electron chi connectivity index (χ4n) is 3.29. The van der Waals surface area contributed by atoms with Gasteiger partial charge in [0.15, 0.2) is 0 Å². The largest absolute Gasteiger partial charge is 0.369 e. The normalized spacial score (nSPS) is 19.0. The summed E-state index contributed by atoms with van der Waals surface area (Å²) in [7, 11) is 0. The number of likely N-dealkylation sites (tertiary alicyclic amines) is 1. The zero-order valence-electron chi connectivity index (χ0n) is 14.3. The van der Waals surface area contributed by atoms with Gasteiger partial charge in [0, 0.05) is 37.3 Å². The molecule has 0 radical (unpaired) electrons. The number of hydrogen-bond donors (Lipinski definition) is 1. The van der Waals surface area contributed by atoms with Crippen LogP contribution in [0.15, 0.2) is 6.20 Å². The highest BCUT2D eigenvalue weighted by atomic mass is 16.2. The molecule has 5 heteroatoms. The van der Waals surface area contributed by atoms with Crippen LogP contribution in [0.1, 0.15) is 50.4 Å². The van der Waals surface area contributed by atoms with Crippen LogP contribution in [0.5, 0.6) is 0 Å². The summed E-state index contributed by atoms with van der Waals surface area (Å²) in [6, 6.07) is 0. The van der Waals surface area contributed by atoms with E-state index in [9.17, 15) is 4.79 Å². The molecule has 1 N–H and O–H groups in total. The number of aromatic nitrogens is 2. The van der Waals surface area contributed by atoms with Crippen LogP contribution in [-0.2, 0) is 11.2 Å². The lowest BCUT2D eigenvalue weighted by Gasteiger charge is -2.32. The lowest BCUT2D eigenvalue weighted by Crippen LogP contribution is -2.40. The van der Waals surface area contributed by atoms with Crippen molar-refractivity contribution in [3.8, 4) is 0 Å². The fourth-order valence-corrected chi connectivity index (χ4v) is 3.29. The number of piperidine rings is 1. The van der Waals surface area contributed by atoms with E-state index >= 15 is 0 Å². The minimum Gasteiger partial charge on any atom is -0.369 e. The van der Waals surface area contributed by atoms with Gasteiger partial charge in [0.2, 0.25) is 5.91 Å². The summed E-state index contributed by atoms with van der Waals surface area (Å²) in [6.07, 6.45) is 8.46. The second-order valence-corrected chi connectivity index (χ2v) is 6.96. The highest BCUT2D eigenvalue weighted by Gasteiger charge is 2.34. The molecule has 1 aliphatic carbocycles. The molecule has 0 bridgehead atoms. The molecule has 0 aromatic carbocycles. The zero-order chi connectivity index (χ0) is 16.2. The van der Waals surface area contributed by atoms with Crippen molar-refractivity contribution in [3.63, 3.8) is 0 Å². The zero-order valence-corrected chi connectivity index (χ0v) is 14.3. The Kier molecular flexibility index (Phi) is 5.13. The van der Waals surface area contributed by atoms with Gasteiger partial charge in [-0.05, 0) is 44.9 Å². The van der Waals surface area contributed by atoms with Gasteiger partial charge < -0.3 is 10.2 Å². The van der Waals surface area contributed by atoms with Gasteiger partial charge in [-0.25, -0.2) is 9.97 Å². The summed E-state index contributed by atoms with van der Waals surface area (Å²) in [6.45, 7) is 6.90. The van der Waals surface area contributed by atoms with Crippen molar-refractivity contribution in [1.82, 2.24) is 14.9 Å². The van der Waals surface area contributed by atoms with E-state index in [1.165, 1.54) is 5.56 Å². The highest BCUT2D eigenvalue weighted by molar-refractivity contribution is 5.81. The van der Waals surface area contributed by atoms with E-state index in [-0.39, 0.29) is 0 Å². The molecule has 3 rings (SSSR count). The van der Waals surface area contributed by atoms with E-state index in [1.807, 2.05) is 13.1 Å². The van der Waals surface area contributed by atoms with E-state index in [1.54, 1.807) is 0 Å². The first-order valence-corrected chi connectivity index (χ1v) is 9.02. The maximum Gasteiger partial charge on any atom is 0.225 e. The molecule has 0 atom stereocenters. The fraction of sp³-hybridized carbons (Fsp3) is 0.722. The summed E-state index contributed by atoms with van der Waals surface area (Å²) in [5, 5.41) is 3.53. The van der Waals surface area contributed by atoms with E-state index in [4.69, 9.17) is 0 Å². The molecule has 0 unspecified atom stereocenters. The average Bonchev–Trinajstić information content (AvgIpc) is 3.40. The number of anilines is 1. The highest BCUT2D eigenvalue weighted by Crippen LogP contribution is 2.32. The van der Waals surface area contributed by atoms with Crippen molar-refractivity contribution in [1.29, 1.82) is 0 Å². The minimum absolute atomic E-state index is 0.352. The average molecular weight is 316 g/mol. The summed E-state index contributed by atoms with van der Waals surface area (Å²) in [4.78, 5) is 23.0. The smallest absolute Gasteiger partial charge is 0.225 e. The Morgan fingerprint density at radius 2 is 2.04 bits per heavy atom. The predicted octanol–water partition coefficient (Wildman–Crippen LogP) is 2.80. The van der Waals surface area contributed by atoms with Crippen molar-refractivity contribution in [2.24, 2.45) is 11.8 Å². The van der Waals surface area contributed by atoms with Crippen LogP contribution in [0, 0.1) is 18.8 Å². The second kappa shape index (κ2) is 7.28. The Hall–Kier alpha value is -1.65. The Balaban J connectivity index is 1.49. The minimum atomic E-state index is 0.352. The maximum atomic E-state index is 12.1. The number of carbonyl (C=O) groups excluding carboxylic acids is 1. The molecule has 1 aromatic rings. The van der Waals surface area contributed by atoms with Crippen LogP contribution in [0.2, 0.25) is 0 Å². The second-order valence-electron chi connectivity index (χ2n) is 6.96. The van der Waals surface area contributed by atoms with Crippen molar-refractivity contribution >= 4 is 11.7 Å². The molecule has 1 saturated heterocycles. The quantitative estimate of drug-likeness (QED) is 0.877. The molecular formula is C18H28N4O. The monoisotopic (exact) mass is 316 g/mol. The van der Waals surface area contributed by atoms with Gasteiger partial charge in [0.05, 0.1) is 0 Å². The first-order chi connectivity index (χ1) is 11.2. The van der Waals surface area contributed by atoms with E-state index in [0.29, 0.717) is 17.7 Å². The van der Waals surface area contributed by atoms with Crippen molar-refractivity contribution in [3.05, 3.63) is 17.6 Å². The topological polar surface area (TPSA) is 58.1 Å². The van der Waals surface area contributed by atoms with Gasteiger partial charge >= 0.3 is 0 Å². The van der Waals surface area contributed by atoms with Crippen LogP contribution in [0.4, 0.5) is 5.82 Å². The molecular weight excluding hydrogens is 288 g/mol. The van der Waals surface area contributed by atoms with E-state index < -0.39 is 0 Å². The standard InChI is InChI=1S/C18H28N4O/c1-3-4-16-12-19-13(2)21-17(16)20-11-14-7-9-22(10-8-14)18(23)15-5-6-15/h12,14-15H,3-11H2,1-2H3,(H,19,20,21). The third kappa shape index (κ3) is 4.21. The molecule has 23 heavy (non-hydrogen) atoms. The number of aryl methyl sites for hydroxylation is 2. The van der Waals surface area contributed by atoms with Crippen LogP contribution in [0.3, 0.4) is 0 Å². The molecule has 2 aliphatic rings. The molecule has 0 spiro atoms. The summed E-state index contributed by atoms with van der Waals surface area (Å²) < 4.78 is 0. The van der Waals surface area contributed by atoms with Gasteiger partial charge in [-0.15, -0.1) is 0 Å². The van der Waals surface area contributed by atoms with E-state index in [0.717, 1.165) is 69.8 Å². The summed E-state index contributed by atoms with van der Waals surface area (Å²) in [5.74, 6) is 3.19. The van der Waals surface area contributed by atoms with Crippen LogP contribution < -0.4 is 5.32 Å². The third-order valence-electron chi connectivity index (χ3n) is 4.92. The molecule has 1 aliphatic heterocycles. The summed E-state index contributed by atoms with van der Waals surface area (Å²) in [5.41, 5.74) is 1.21. The first-order valence-electron chi connectivity index (χ1n) is 9.02. The van der Waals surface area contributed by atoms with Gasteiger partial charge in [-0.2, -0.15) is 0 Å². The Morgan fingerprint density at radius 3 is 2.70 bits per heavy atom. The molecule has 2 fully saturated rings. The Labute approximate surface area is 138 Å². The molecule has 1 aromatic heterocycles. The lowest BCUT2D eigenvalue weighted by atomic mass is 9.96. The first kappa shape index (κ1) is 16.2. The number of hydrogen-bond acceptors (Lipinski definition) is 4.